The molecular formula is C12H19N7O3. The standard InChI is InChI=1S/C12H19N7O3/c1-18(2)11-6-9(14)15-4-16-10(6)19(17-11)12-8(21)7(20)5(3-13)22-12/h4-5,7-8,12,20-21H,3,13H2,1-2H3,(H2,14,15,16)/t5-,7-,8-,12-/m1/s1. The van der Waals surface area contributed by atoms with Crippen LogP contribution < -0.4 is 16.4 Å². The van der Waals surface area contributed by atoms with Gasteiger partial charge in [0.15, 0.2) is 17.7 Å². The zero-order valence-corrected chi connectivity index (χ0v) is 12.3. The molecule has 0 amide bonds. The van der Waals surface area contributed by atoms with Gasteiger partial charge in [-0.15, -0.1) is 5.10 Å². The van der Waals surface area contributed by atoms with Gasteiger partial charge in [0.25, 0.3) is 0 Å². The number of hydrogen-bond acceptors (Lipinski definition) is 9. The number of nitrogen functional groups attached to an aromatic ring is 1. The van der Waals surface area contributed by atoms with Crippen molar-refractivity contribution < 1.29 is 14.9 Å². The molecule has 0 radical (unpaired) electrons. The predicted octanol–water partition coefficient (Wildman–Crippen LogP) is -1.95. The highest BCUT2D eigenvalue weighted by atomic mass is 16.6. The van der Waals surface area contributed by atoms with Gasteiger partial charge in [-0.05, 0) is 0 Å². The Kier molecular flexibility index (Phi) is 3.60. The van der Waals surface area contributed by atoms with Crippen molar-refractivity contribution in [2.24, 2.45) is 5.73 Å². The van der Waals surface area contributed by atoms with Crippen LogP contribution in [0, 0.1) is 0 Å². The van der Waals surface area contributed by atoms with Gasteiger partial charge in [0.05, 0.1) is 0 Å². The number of ether oxygens (including phenoxy) is 1. The van der Waals surface area contributed by atoms with Crippen molar-refractivity contribution in [1.29, 1.82) is 0 Å². The zero-order chi connectivity index (χ0) is 16.0. The van der Waals surface area contributed by atoms with E-state index in [4.69, 9.17) is 16.2 Å². The number of aliphatic hydroxyl groups excluding tert-OH is 2. The second kappa shape index (κ2) is 5.32. The monoisotopic (exact) mass is 309 g/mol. The lowest BCUT2D eigenvalue weighted by Gasteiger charge is -2.15. The molecule has 4 atom stereocenters. The third-order valence-corrected chi connectivity index (χ3v) is 3.73. The summed E-state index contributed by atoms with van der Waals surface area (Å²) >= 11 is 0. The third kappa shape index (κ3) is 2.08. The molecule has 0 spiro atoms. The molecule has 10 heteroatoms. The van der Waals surface area contributed by atoms with E-state index in [1.807, 2.05) is 14.1 Å². The quantitative estimate of drug-likeness (QED) is 0.507. The fraction of sp³-hybridized carbons (Fsp3) is 0.583. The van der Waals surface area contributed by atoms with E-state index in [0.29, 0.717) is 16.9 Å². The molecule has 6 N–H and O–H groups in total. The highest BCUT2D eigenvalue weighted by Crippen LogP contribution is 2.34. The summed E-state index contributed by atoms with van der Waals surface area (Å²) in [6.07, 6.45) is -2.50. The number of rotatable bonds is 3. The van der Waals surface area contributed by atoms with Crippen LogP contribution in [0.5, 0.6) is 0 Å². The maximum atomic E-state index is 10.2. The Labute approximate surface area is 126 Å². The summed E-state index contributed by atoms with van der Waals surface area (Å²) in [5, 5.41) is 25.1. The highest BCUT2D eigenvalue weighted by Gasteiger charge is 2.44. The molecule has 0 aliphatic carbocycles. The molecule has 0 bridgehead atoms. The molecule has 0 aromatic carbocycles. The Morgan fingerprint density at radius 2 is 2.05 bits per heavy atom. The van der Waals surface area contributed by atoms with Crippen LogP contribution in [-0.2, 0) is 4.74 Å². The number of nitrogens with zero attached hydrogens (tertiary/aromatic N) is 5. The lowest BCUT2D eigenvalue weighted by Crippen LogP contribution is -2.35. The predicted molar refractivity (Wildman–Crippen MR) is 79.0 cm³/mol. The van der Waals surface area contributed by atoms with Gasteiger partial charge < -0.3 is 31.3 Å². The van der Waals surface area contributed by atoms with E-state index in [1.165, 1.54) is 11.0 Å². The average molecular weight is 309 g/mol. The van der Waals surface area contributed by atoms with Crippen LogP contribution in [0.3, 0.4) is 0 Å². The Morgan fingerprint density at radius 1 is 1.32 bits per heavy atom. The van der Waals surface area contributed by atoms with Crippen molar-refractivity contribution >= 4 is 22.7 Å². The Hall–Kier alpha value is -2.01. The summed E-state index contributed by atoms with van der Waals surface area (Å²) < 4.78 is 7.03. The number of hydrogen-bond donors (Lipinski definition) is 4. The Bertz CT molecular complexity index is 689. The number of anilines is 2. The van der Waals surface area contributed by atoms with Gasteiger partial charge in [-0.3, -0.25) is 0 Å². The molecule has 2 aromatic rings. The summed E-state index contributed by atoms with van der Waals surface area (Å²) in [6, 6.07) is 0. The van der Waals surface area contributed by atoms with Crippen LogP contribution in [-0.4, -0.2) is 68.9 Å². The summed E-state index contributed by atoms with van der Waals surface area (Å²) in [5.74, 6) is 0.831. The van der Waals surface area contributed by atoms with Crippen molar-refractivity contribution in [3.8, 4) is 0 Å². The number of aliphatic hydroxyl groups is 2. The van der Waals surface area contributed by atoms with E-state index in [2.05, 4.69) is 15.1 Å². The highest BCUT2D eigenvalue weighted by molar-refractivity contribution is 5.96. The molecule has 1 aliphatic rings. The van der Waals surface area contributed by atoms with Gasteiger partial charge in [0, 0.05) is 20.6 Å². The SMILES string of the molecule is CN(C)c1nn([C@@H]2O[C@H](CN)[C@@H](O)[C@H]2O)c2ncnc(N)c12. The van der Waals surface area contributed by atoms with Gasteiger partial charge in [-0.25, -0.2) is 14.6 Å². The van der Waals surface area contributed by atoms with Crippen LogP contribution >= 0.6 is 0 Å². The maximum absolute atomic E-state index is 10.2. The first-order chi connectivity index (χ1) is 10.5. The summed E-state index contributed by atoms with van der Waals surface area (Å²) in [7, 11) is 3.62. The van der Waals surface area contributed by atoms with Crippen molar-refractivity contribution in [2.75, 3.05) is 31.3 Å². The largest absolute Gasteiger partial charge is 0.387 e. The zero-order valence-electron chi connectivity index (χ0n) is 12.3. The van der Waals surface area contributed by atoms with E-state index in [-0.39, 0.29) is 12.4 Å². The Balaban J connectivity index is 2.14. The normalized spacial score (nSPS) is 28.4. The second-order valence-corrected chi connectivity index (χ2v) is 5.40. The lowest BCUT2D eigenvalue weighted by atomic mass is 10.1. The molecule has 1 saturated heterocycles. The number of aromatic nitrogens is 4. The molecule has 22 heavy (non-hydrogen) atoms. The van der Waals surface area contributed by atoms with Gasteiger partial charge in [0.1, 0.15) is 35.8 Å². The van der Waals surface area contributed by atoms with E-state index in [0.717, 1.165) is 0 Å². The van der Waals surface area contributed by atoms with Gasteiger partial charge >= 0.3 is 0 Å². The molecule has 1 fully saturated rings. The van der Waals surface area contributed by atoms with Gasteiger partial charge in [-0.2, -0.15) is 0 Å². The van der Waals surface area contributed by atoms with E-state index in [1.54, 1.807) is 4.90 Å². The molecule has 3 rings (SSSR count). The van der Waals surface area contributed by atoms with Crippen LogP contribution in [0.1, 0.15) is 6.23 Å². The number of nitrogens with two attached hydrogens (primary N) is 2. The van der Waals surface area contributed by atoms with Crippen LogP contribution in [0.2, 0.25) is 0 Å². The van der Waals surface area contributed by atoms with Crippen LogP contribution in [0.4, 0.5) is 11.6 Å². The van der Waals surface area contributed by atoms with E-state index < -0.39 is 24.5 Å². The van der Waals surface area contributed by atoms with Gasteiger partial charge in [-0.1, -0.05) is 0 Å². The topological polar surface area (TPSA) is 149 Å². The Morgan fingerprint density at radius 3 is 2.64 bits per heavy atom. The lowest BCUT2D eigenvalue weighted by molar-refractivity contribution is -0.0392. The first-order valence-corrected chi connectivity index (χ1v) is 6.83. The molecule has 0 unspecified atom stereocenters. The molecular weight excluding hydrogens is 290 g/mol. The first kappa shape index (κ1) is 14.9. The fourth-order valence-corrected chi connectivity index (χ4v) is 2.59. The second-order valence-electron chi connectivity index (χ2n) is 5.40. The first-order valence-electron chi connectivity index (χ1n) is 6.83. The van der Waals surface area contributed by atoms with Crippen molar-refractivity contribution in [2.45, 2.75) is 24.5 Å². The minimum absolute atomic E-state index is 0.0889. The number of fused-ring (bicyclic) bond motifs is 1. The van der Waals surface area contributed by atoms with Crippen molar-refractivity contribution in [3.63, 3.8) is 0 Å². The third-order valence-electron chi connectivity index (χ3n) is 3.73. The van der Waals surface area contributed by atoms with Crippen molar-refractivity contribution in [3.05, 3.63) is 6.33 Å². The fourth-order valence-electron chi connectivity index (χ4n) is 2.59. The van der Waals surface area contributed by atoms with E-state index in [9.17, 15) is 10.2 Å². The minimum atomic E-state index is -1.16. The molecule has 120 valence electrons. The molecule has 0 saturated carbocycles. The molecule has 1 aliphatic heterocycles. The maximum Gasteiger partial charge on any atom is 0.181 e. The summed E-state index contributed by atoms with van der Waals surface area (Å²) in [5.41, 5.74) is 11.9. The summed E-state index contributed by atoms with van der Waals surface area (Å²) in [4.78, 5) is 9.91. The van der Waals surface area contributed by atoms with Crippen LogP contribution in [0.15, 0.2) is 6.33 Å². The van der Waals surface area contributed by atoms with Gasteiger partial charge in [0.2, 0.25) is 0 Å². The average Bonchev–Trinajstić information content (AvgIpc) is 3.00. The molecule has 10 nitrogen and oxygen atoms in total. The molecule has 2 aromatic heterocycles. The minimum Gasteiger partial charge on any atom is -0.387 e. The van der Waals surface area contributed by atoms with Crippen LogP contribution in [0.25, 0.3) is 11.0 Å². The molecule has 3 heterocycles. The summed E-state index contributed by atoms with van der Waals surface area (Å²) in [6.45, 7) is 0.0889. The van der Waals surface area contributed by atoms with Crippen molar-refractivity contribution in [1.82, 2.24) is 19.7 Å². The smallest absolute Gasteiger partial charge is 0.181 e. The van der Waals surface area contributed by atoms with E-state index >= 15 is 0 Å².